The lowest BCUT2D eigenvalue weighted by atomic mass is 10.2. The van der Waals surface area contributed by atoms with Gasteiger partial charge in [-0.25, -0.2) is 0 Å². The van der Waals surface area contributed by atoms with Gasteiger partial charge in [-0.15, -0.1) is 0 Å². The summed E-state index contributed by atoms with van der Waals surface area (Å²) in [5, 5.41) is 3.85. The molecule has 1 aliphatic heterocycles. The van der Waals surface area contributed by atoms with Gasteiger partial charge in [0.2, 0.25) is 11.7 Å². The molecule has 1 fully saturated rings. The quantitative estimate of drug-likeness (QED) is 0.775. The van der Waals surface area contributed by atoms with Gasteiger partial charge in [0.25, 0.3) is 0 Å². The smallest absolute Gasteiger partial charge is 0.250 e. The fourth-order valence-corrected chi connectivity index (χ4v) is 1.40. The predicted molar refractivity (Wildman–Crippen MR) is 50.3 cm³/mol. The number of nitrogens with two attached hydrogens (primary N) is 1. The van der Waals surface area contributed by atoms with Crippen molar-refractivity contribution >= 4 is 6.08 Å². The number of nitrogens with zero attached hydrogens (tertiary/aromatic N) is 2. The van der Waals surface area contributed by atoms with E-state index in [1.807, 2.05) is 0 Å². The van der Waals surface area contributed by atoms with E-state index >= 15 is 0 Å². The molecule has 76 valence electrons. The van der Waals surface area contributed by atoms with E-state index in [0.717, 1.165) is 19.4 Å². The molecule has 2 heterocycles. The van der Waals surface area contributed by atoms with Crippen molar-refractivity contribution in [3.8, 4) is 0 Å². The highest BCUT2D eigenvalue weighted by atomic mass is 16.5. The van der Waals surface area contributed by atoms with Gasteiger partial charge in [-0.3, -0.25) is 0 Å². The largest absolute Gasteiger partial charge is 0.370 e. The molecule has 0 aromatic carbocycles. The van der Waals surface area contributed by atoms with Gasteiger partial charge < -0.3 is 15.0 Å². The van der Waals surface area contributed by atoms with E-state index < -0.39 is 0 Å². The molecule has 0 aliphatic carbocycles. The first-order valence-corrected chi connectivity index (χ1v) is 4.72. The van der Waals surface area contributed by atoms with Crippen LogP contribution in [0.4, 0.5) is 0 Å². The van der Waals surface area contributed by atoms with Gasteiger partial charge in [-0.2, -0.15) is 4.98 Å². The Bertz CT molecular complexity index is 316. The van der Waals surface area contributed by atoms with E-state index in [0.29, 0.717) is 18.3 Å². The van der Waals surface area contributed by atoms with Crippen LogP contribution in [-0.2, 0) is 4.74 Å². The standard InChI is InChI=1S/C9H13N3O2/c10-5-1-4-8-11-9(12-14-8)7-3-2-6-13-7/h1,4,7H,2-3,5-6,10H2/b4-1+. The third-order valence-electron chi connectivity index (χ3n) is 2.07. The Morgan fingerprint density at radius 1 is 1.57 bits per heavy atom. The molecule has 2 rings (SSSR count). The average molecular weight is 195 g/mol. The molecule has 1 saturated heterocycles. The van der Waals surface area contributed by atoms with Gasteiger partial charge in [0.15, 0.2) is 0 Å². The summed E-state index contributed by atoms with van der Waals surface area (Å²) in [4.78, 5) is 4.18. The second kappa shape index (κ2) is 4.34. The first-order chi connectivity index (χ1) is 6.90. The van der Waals surface area contributed by atoms with Gasteiger partial charge in [0, 0.05) is 19.2 Å². The molecule has 1 aromatic heterocycles. The third kappa shape index (κ3) is 2.00. The van der Waals surface area contributed by atoms with Crippen molar-refractivity contribution in [3.05, 3.63) is 17.8 Å². The Balaban J connectivity index is 2.05. The van der Waals surface area contributed by atoms with Gasteiger partial charge in [0.1, 0.15) is 6.10 Å². The van der Waals surface area contributed by atoms with Crippen LogP contribution in [0.25, 0.3) is 6.08 Å². The van der Waals surface area contributed by atoms with E-state index in [1.165, 1.54) is 0 Å². The maximum atomic E-state index is 5.42. The van der Waals surface area contributed by atoms with Crippen LogP contribution in [0.2, 0.25) is 0 Å². The Morgan fingerprint density at radius 3 is 3.21 bits per heavy atom. The average Bonchev–Trinajstić information content (AvgIpc) is 2.85. The van der Waals surface area contributed by atoms with Gasteiger partial charge in [-0.1, -0.05) is 11.2 Å². The van der Waals surface area contributed by atoms with Crippen molar-refractivity contribution in [2.75, 3.05) is 13.2 Å². The first kappa shape index (κ1) is 9.36. The van der Waals surface area contributed by atoms with Crippen LogP contribution in [0, 0.1) is 0 Å². The molecule has 0 radical (unpaired) electrons. The van der Waals surface area contributed by atoms with Crippen molar-refractivity contribution in [2.24, 2.45) is 5.73 Å². The summed E-state index contributed by atoms with van der Waals surface area (Å²) in [5.41, 5.74) is 5.30. The van der Waals surface area contributed by atoms with Crippen LogP contribution in [0.5, 0.6) is 0 Å². The number of hydrogen-bond acceptors (Lipinski definition) is 5. The zero-order valence-corrected chi connectivity index (χ0v) is 7.85. The van der Waals surface area contributed by atoms with Crippen molar-refractivity contribution < 1.29 is 9.26 Å². The summed E-state index contributed by atoms with van der Waals surface area (Å²) < 4.78 is 10.4. The van der Waals surface area contributed by atoms with Crippen LogP contribution >= 0.6 is 0 Å². The summed E-state index contributed by atoms with van der Waals surface area (Å²) in [6.45, 7) is 1.25. The van der Waals surface area contributed by atoms with Crippen LogP contribution in [0.15, 0.2) is 10.6 Å². The molecule has 5 heteroatoms. The van der Waals surface area contributed by atoms with E-state index in [-0.39, 0.29) is 6.10 Å². The highest BCUT2D eigenvalue weighted by Gasteiger charge is 2.22. The second-order valence-corrected chi connectivity index (χ2v) is 3.13. The second-order valence-electron chi connectivity index (χ2n) is 3.13. The fourth-order valence-electron chi connectivity index (χ4n) is 1.40. The maximum absolute atomic E-state index is 5.42. The summed E-state index contributed by atoms with van der Waals surface area (Å²) in [5.74, 6) is 1.13. The van der Waals surface area contributed by atoms with Crippen LogP contribution < -0.4 is 5.73 Å². The Kier molecular flexibility index (Phi) is 2.90. The Hall–Kier alpha value is -1.20. The normalized spacial score (nSPS) is 22.2. The molecule has 1 unspecified atom stereocenters. The zero-order chi connectivity index (χ0) is 9.80. The lowest BCUT2D eigenvalue weighted by Crippen LogP contribution is -1.97. The maximum Gasteiger partial charge on any atom is 0.250 e. The molecule has 0 saturated carbocycles. The minimum absolute atomic E-state index is 0.0128. The number of hydrogen-bond donors (Lipinski definition) is 1. The first-order valence-electron chi connectivity index (χ1n) is 4.72. The lowest BCUT2D eigenvalue weighted by molar-refractivity contribution is 0.103. The van der Waals surface area contributed by atoms with E-state index in [4.69, 9.17) is 15.0 Å². The van der Waals surface area contributed by atoms with Crippen molar-refractivity contribution in [3.63, 3.8) is 0 Å². The summed E-state index contributed by atoms with van der Waals surface area (Å²) in [6, 6.07) is 0. The molecule has 2 N–H and O–H groups in total. The monoisotopic (exact) mass is 195 g/mol. The fraction of sp³-hybridized carbons (Fsp3) is 0.556. The SMILES string of the molecule is NC/C=C/c1nc(C2CCCO2)no1. The Labute approximate surface area is 81.9 Å². The van der Waals surface area contributed by atoms with E-state index in [1.54, 1.807) is 12.2 Å². The molecule has 1 aromatic rings. The van der Waals surface area contributed by atoms with Crippen LogP contribution in [-0.4, -0.2) is 23.3 Å². The van der Waals surface area contributed by atoms with Crippen LogP contribution in [0.3, 0.4) is 0 Å². The van der Waals surface area contributed by atoms with Crippen molar-refractivity contribution in [1.29, 1.82) is 0 Å². The van der Waals surface area contributed by atoms with Crippen molar-refractivity contribution in [2.45, 2.75) is 18.9 Å². The topological polar surface area (TPSA) is 74.2 Å². The molecule has 1 aliphatic rings. The highest BCUT2D eigenvalue weighted by molar-refractivity contribution is 5.37. The van der Waals surface area contributed by atoms with Crippen molar-refractivity contribution in [1.82, 2.24) is 10.1 Å². The summed E-state index contributed by atoms with van der Waals surface area (Å²) in [6.07, 6.45) is 5.53. The lowest BCUT2D eigenvalue weighted by Gasteiger charge is -2.00. The van der Waals surface area contributed by atoms with Gasteiger partial charge in [0.05, 0.1) is 0 Å². The number of aromatic nitrogens is 2. The van der Waals surface area contributed by atoms with E-state index in [9.17, 15) is 0 Å². The predicted octanol–water partition coefficient (Wildman–Crippen LogP) is 0.893. The van der Waals surface area contributed by atoms with Gasteiger partial charge >= 0.3 is 0 Å². The van der Waals surface area contributed by atoms with Crippen LogP contribution in [0.1, 0.15) is 30.7 Å². The molecule has 14 heavy (non-hydrogen) atoms. The third-order valence-corrected chi connectivity index (χ3v) is 2.07. The number of rotatable bonds is 3. The Morgan fingerprint density at radius 2 is 2.50 bits per heavy atom. The van der Waals surface area contributed by atoms with E-state index in [2.05, 4.69) is 10.1 Å². The summed E-state index contributed by atoms with van der Waals surface area (Å²) in [7, 11) is 0. The zero-order valence-electron chi connectivity index (χ0n) is 7.85. The summed E-state index contributed by atoms with van der Waals surface area (Å²) >= 11 is 0. The highest BCUT2D eigenvalue weighted by Crippen LogP contribution is 2.26. The molecule has 0 spiro atoms. The molecular weight excluding hydrogens is 182 g/mol. The minimum atomic E-state index is 0.0128. The molecule has 0 amide bonds. The molecule has 1 atom stereocenters. The number of ether oxygens (including phenoxy) is 1. The molecular formula is C9H13N3O2. The van der Waals surface area contributed by atoms with Gasteiger partial charge in [-0.05, 0) is 12.8 Å². The minimum Gasteiger partial charge on any atom is -0.370 e. The molecule has 5 nitrogen and oxygen atoms in total. The molecule has 0 bridgehead atoms.